The summed E-state index contributed by atoms with van der Waals surface area (Å²) in [6.45, 7) is 6.81. The highest BCUT2D eigenvalue weighted by molar-refractivity contribution is 7.80. The van der Waals surface area contributed by atoms with E-state index in [4.69, 9.17) is 21.7 Å². The molecule has 3 amide bonds. The molecule has 0 spiro atoms. The van der Waals surface area contributed by atoms with Gasteiger partial charge in [0.15, 0.2) is 0 Å². The fourth-order valence-corrected chi connectivity index (χ4v) is 4.80. The maximum Gasteiger partial charge on any atom is 0.345 e. The number of methoxy groups -OCH3 is 1. The SMILES string of the molecule is CCC[C@@H](NC(=O)N1CC(=S)NC[C@@H](Cc2cc(F)ccc2OC)C1=O)c1ccc(C(=O)OC(C)(C)C)c([N+](=O)[O-])c1. The molecule has 0 unspecified atom stereocenters. The van der Waals surface area contributed by atoms with E-state index < -0.39 is 51.9 Å². The number of hydrogen-bond acceptors (Lipinski definition) is 8. The zero-order valence-electron chi connectivity index (χ0n) is 24.2. The van der Waals surface area contributed by atoms with E-state index in [1.807, 2.05) is 6.92 Å². The number of benzene rings is 2. The molecule has 0 saturated carbocycles. The van der Waals surface area contributed by atoms with Crippen molar-refractivity contribution in [3.05, 3.63) is 69.0 Å². The van der Waals surface area contributed by atoms with Crippen molar-refractivity contribution in [2.75, 3.05) is 20.2 Å². The molecule has 226 valence electrons. The summed E-state index contributed by atoms with van der Waals surface area (Å²) in [5, 5.41) is 17.7. The van der Waals surface area contributed by atoms with Gasteiger partial charge in [0.1, 0.15) is 22.7 Å². The number of carbonyl (C=O) groups excluding carboxylic acids is 3. The molecule has 0 bridgehead atoms. The standard InChI is InChI=1S/C29H35FN4O7S/c1-6-7-22(17-8-10-21(23(14-17)34(38)39)27(36)41-29(2,3)4)32-28(37)33-16-25(42)31-15-19(26(33)35)12-18-13-20(30)9-11-24(18)40-5/h8-11,13-14,19,22H,6-7,12,15-16H2,1-5H3,(H,31,42)(H,32,37)/t19-,22-/m1/s1. The van der Waals surface area contributed by atoms with E-state index in [1.54, 1.807) is 20.8 Å². The lowest BCUT2D eigenvalue weighted by Crippen LogP contribution is -2.48. The first kappa shape index (κ1) is 32.4. The summed E-state index contributed by atoms with van der Waals surface area (Å²) in [5.74, 6) is -2.20. The quantitative estimate of drug-likeness (QED) is 0.178. The first-order valence-corrected chi connectivity index (χ1v) is 13.9. The molecule has 1 saturated heterocycles. The summed E-state index contributed by atoms with van der Waals surface area (Å²) in [4.78, 5) is 52.1. The average molecular weight is 603 g/mol. The Morgan fingerprint density at radius 2 is 1.98 bits per heavy atom. The fraction of sp³-hybridized carbons (Fsp3) is 0.448. The van der Waals surface area contributed by atoms with Gasteiger partial charge in [0, 0.05) is 12.6 Å². The molecule has 2 aromatic carbocycles. The maximum absolute atomic E-state index is 14.0. The number of esters is 1. The third kappa shape index (κ3) is 8.21. The van der Waals surface area contributed by atoms with E-state index in [1.165, 1.54) is 43.5 Å². The Morgan fingerprint density at radius 3 is 2.60 bits per heavy atom. The molecular weight excluding hydrogens is 567 g/mol. The molecule has 2 aromatic rings. The predicted molar refractivity (Wildman–Crippen MR) is 157 cm³/mol. The predicted octanol–water partition coefficient (Wildman–Crippen LogP) is 4.87. The number of nitrogens with zero attached hydrogens (tertiary/aromatic N) is 2. The summed E-state index contributed by atoms with van der Waals surface area (Å²) in [5.41, 5.74) is -0.678. The zero-order valence-corrected chi connectivity index (χ0v) is 25.0. The molecule has 2 N–H and O–H groups in total. The van der Waals surface area contributed by atoms with Crippen LogP contribution in [-0.4, -0.2) is 58.5 Å². The van der Waals surface area contributed by atoms with Crippen LogP contribution < -0.4 is 15.4 Å². The minimum Gasteiger partial charge on any atom is -0.496 e. The number of carbonyl (C=O) groups is 3. The molecule has 1 heterocycles. The number of amides is 3. The fourth-order valence-electron chi connectivity index (χ4n) is 4.59. The Balaban J connectivity index is 1.88. The number of halogens is 1. The molecule has 42 heavy (non-hydrogen) atoms. The van der Waals surface area contributed by atoms with Crippen molar-refractivity contribution < 1.29 is 33.2 Å². The highest BCUT2D eigenvalue weighted by Gasteiger charge is 2.35. The second-order valence-corrected chi connectivity index (χ2v) is 11.4. The molecular formula is C29H35FN4O7S. The van der Waals surface area contributed by atoms with Crippen molar-refractivity contribution in [3.8, 4) is 5.75 Å². The lowest BCUT2D eigenvalue weighted by molar-refractivity contribution is -0.385. The van der Waals surface area contributed by atoms with Gasteiger partial charge in [0.25, 0.3) is 5.69 Å². The van der Waals surface area contributed by atoms with Crippen LogP contribution >= 0.6 is 12.2 Å². The first-order chi connectivity index (χ1) is 19.7. The van der Waals surface area contributed by atoms with Crippen LogP contribution in [0.1, 0.15) is 68.1 Å². The second-order valence-electron chi connectivity index (χ2n) is 10.9. The highest BCUT2D eigenvalue weighted by Crippen LogP contribution is 2.29. The minimum absolute atomic E-state index is 0.0931. The van der Waals surface area contributed by atoms with Crippen molar-refractivity contribution in [1.82, 2.24) is 15.5 Å². The number of urea groups is 1. The van der Waals surface area contributed by atoms with Crippen molar-refractivity contribution >= 4 is 40.8 Å². The van der Waals surface area contributed by atoms with Gasteiger partial charge in [-0.1, -0.05) is 31.6 Å². The topological polar surface area (TPSA) is 140 Å². The van der Waals surface area contributed by atoms with Gasteiger partial charge in [0.2, 0.25) is 5.91 Å². The van der Waals surface area contributed by atoms with E-state index in [-0.39, 0.29) is 30.1 Å². The van der Waals surface area contributed by atoms with Crippen LogP contribution in [0.25, 0.3) is 0 Å². The number of nitro benzene ring substituents is 1. The van der Waals surface area contributed by atoms with Crippen LogP contribution in [0.4, 0.5) is 14.9 Å². The van der Waals surface area contributed by atoms with E-state index in [0.717, 1.165) is 4.90 Å². The average Bonchev–Trinajstić information content (AvgIpc) is 3.05. The summed E-state index contributed by atoms with van der Waals surface area (Å²) in [7, 11) is 1.44. The van der Waals surface area contributed by atoms with Crippen LogP contribution in [0.5, 0.6) is 5.75 Å². The number of ether oxygens (including phenoxy) is 2. The van der Waals surface area contributed by atoms with Gasteiger partial charge in [0.05, 0.1) is 35.5 Å². The van der Waals surface area contributed by atoms with Crippen LogP contribution in [0, 0.1) is 21.8 Å². The van der Waals surface area contributed by atoms with Crippen LogP contribution in [0.15, 0.2) is 36.4 Å². The van der Waals surface area contributed by atoms with Crippen LogP contribution in [0.3, 0.4) is 0 Å². The third-order valence-electron chi connectivity index (χ3n) is 6.53. The summed E-state index contributed by atoms with van der Waals surface area (Å²) < 4.78 is 24.6. The van der Waals surface area contributed by atoms with Gasteiger partial charge in [-0.25, -0.2) is 14.0 Å². The normalized spacial score (nSPS) is 16.2. The first-order valence-electron chi connectivity index (χ1n) is 13.5. The zero-order chi connectivity index (χ0) is 31.2. The Kier molecular flexibility index (Phi) is 10.6. The second kappa shape index (κ2) is 13.7. The molecule has 0 aliphatic carbocycles. The lowest BCUT2D eigenvalue weighted by atomic mass is 9.97. The molecule has 3 rings (SSSR count). The molecule has 13 heteroatoms. The van der Waals surface area contributed by atoms with Gasteiger partial charge >= 0.3 is 12.0 Å². The Labute approximate surface area is 248 Å². The van der Waals surface area contributed by atoms with Crippen molar-refractivity contribution in [2.24, 2.45) is 5.92 Å². The summed E-state index contributed by atoms with van der Waals surface area (Å²) in [6.07, 6.45) is 1.08. The smallest absolute Gasteiger partial charge is 0.345 e. The van der Waals surface area contributed by atoms with Crippen molar-refractivity contribution in [3.63, 3.8) is 0 Å². The van der Waals surface area contributed by atoms with E-state index in [0.29, 0.717) is 29.7 Å². The van der Waals surface area contributed by atoms with Crippen molar-refractivity contribution in [2.45, 2.75) is 58.6 Å². The number of imide groups is 1. The largest absolute Gasteiger partial charge is 0.496 e. The number of rotatable bonds is 9. The highest BCUT2D eigenvalue weighted by atomic mass is 32.1. The molecule has 1 aliphatic rings. The van der Waals surface area contributed by atoms with Gasteiger partial charge in [-0.3, -0.25) is 19.8 Å². The summed E-state index contributed by atoms with van der Waals surface area (Å²) >= 11 is 5.32. The number of hydrogen-bond donors (Lipinski definition) is 2. The van der Waals surface area contributed by atoms with Crippen LogP contribution in [0.2, 0.25) is 0 Å². The molecule has 1 fully saturated rings. The number of thiocarbonyl (C=S) groups is 1. The van der Waals surface area contributed by atoms with E-state index >= 15 is 0 Å². The molecule has 2 atom stereocenters. The van der Waals surface area contributed by atoms with Crippen molar-refractivity contribution in [1.29, 1.82) is 0 Å². The lowest BCUT2D eigenvalue weighted by Gasteiger charge is -2.26. The number of nitrogens with one attached hydrogen (secondary N) is 2. The Bertz CT molecular complexity index is 1380. The number of nitro groups is 1. The maximum atomic E-state index is 14.0. The van der Waals surface area contributed by atoms with Crippen LogP contribution in [-0.2, 0) is 16.0 Å². The van der Waals surface area contributed by atoms with Gasteiger partial charge in [-0.15, -0.1) is 0 Å². The van der Waals surface area contributed by atoms with Gasteiger partial charge in [-0.2, -0.15) is 0 Å². The monoisotopic (exact) mass is 602 g/mol. The third-order valence-corrected chi connectivity index (χ3v) is 6.80. The van der Waals surface area contributed by atoms with E-state index in [2.05, 4.69) is 10.6 Å². The Morgan fingerprint density at radius 1 is 1.26 bits per heavy atom. The van der Waals surface area contributed by atoms with Gasteiger partial charge < -0.3 is 20.1 Å². The molecule has 0 radical (unpaired) electrons. The summed E-state index contributed by atoms with van der Waals surface area (Å²) in [6, 6.07) is 6.60. The van der Waals surface area contributed by atoms with E-state index in [9.17, 15) is 28.9 Å². The minimum atomic E-state index is -0.852. The molecule has 11 nitrogen and oxygen atoms in total. The molecule has 0 aromatic heterocycles. The Hall–Kier alpha value is -4.13. The van der Waals surface area contributed by atoms with Gasteiger partial charge in [-0.05, 0) is 69.0 Å². The molecule has 1 aliphatic heterocycles.